The Hall–Kier alpha value is -4.10. The second-order valence-electron chi connectivity index (χ2n) is 6.86. The molecule has 2 aromatic carbocycles. The van der Waals surface area contributed by atoms with Crippen LogP contribution >= 0.6 is 11.3 Å². The molecule has 7 heteroatoms. The lowest BCUT2D eigenvalue weighted by molar-refractivity contribution is 0.306. The van der Waals surface area contributed by atoms with Crippen LogP contribution in [-0.4, -0.2) is 11.2 Å². The fraction of sp³-hybridized carbons (Fsp3) is 0.0400. The fourth-order valence-electron chi connectivity index (χ4n) is 3.08. The molecule has 0 unspecified atom stereocenters. The third-order valence-electron chi connectivity index (χ3n) is 4.63. The van der Waals surface area contributed by atoms with Crippen molar-refractivity contribution in [2.45, 2.75) is 6.61 Å². The smallest absolute Gasteiger partial charge is 0.204 e. The van der Waals surface area contributed by atoms with Crippen LogP contribution in [0.1, 0.15) is 11.1 Å². The van der Waals surface area contributed by atoms with Gasteiger partial charge in [-0.05, 0) is 59.7 Å². The molecule has 0 saturated carbocycles. The summed E-state index contributed by atoms with van der Waals surface area (Å²) >= 11 is 1.45. The number of nitrogens with one attached hydrogen (secondary N) is 1. The van der Waals surface area contributed by atoms with Gasteiger partial charge in [0.2, 0.25) is 5.13 Å². The molecule has 5 rings (SSSR count). The highest BCUT2D eigenvalue weighted by Crippen LogP contribution is 2.39. The molecule has 5 aromatic rings. The van der Waals surface area contributed by atoms with Crippen LogP contribution in [0.4, 0.5) is 5.13 Å². The Kier molecular flexibility index (Phi) is 5.80. The summed E-state index contributed by atoms with van der Waals surface area (Å²) in [7, 11) is 0. The highest BCUT2D eigenvalue weighted by molar-refractivity contribution is 7.19. The van der Waals surface area contributed by atoms with E-state index in [0.29, 0.717) is 23.2 Å². The summed E-state index contributed by atoms with van der Waals surface area (Å²) in [5.74, 6) is 2.22. The highest BCUT2D eigenvalue weighted by Gasteiger charge is 2.18. The molecule has 6 nitrogen and oxygen atoms in total. The van der Waals surface area contributed by atoms with Crippen LogP contribution in [0.3, 0.4) is 0 Å². The minimum absolute atomic E-state index is 0.538. The largest absolute Gasteiger partial charge is 0.489 e. The maximum absolute atomic E-state index is 5.82. The predicted molar refractivity (Wildman–Crippen MR) is 126 cm³/mol. The van der Waals surface area contributed by atoms with Gasteiger partial charge in [-0.1, -0.05) is 41.7 Å². The summed E-state index contributed by atoms with van der Waals surface area (Å²) in [6.07, 6.45) is 5.00. The Morgan fingerprint density at radius 3 is 2.34 bits per heavy atom. The second-order valence-corrected chi connectivity index (χ2v) is 7.86. The zero-order valence-corrected chi connectivity index (χ0v) is 17.8. The number of thiazole rings is 1. The standard InChI is InChI=1S/C25H19N3O3S/c1-2-6-19(7-3-1)17-31-20-12-10-18(11-13-20)16-26-28-25-27-23(21-8-4-14-29-21)24(32-25)22-9-5-15-30-22/h1-16H,17H2,(H,27,28)/b26-16+. The van der Waals surface area contributed by atoms with Crippen molar-refractivity contribution >= 4 is 22.7 Å². The molecule has 0 aliphatic rings. The van der Waals surface area contributed by atoms with E-state index in [1.165, 1.54) is 11.3 Å². The molecule has 0 fully saturated rings. The van der Waals surface area contributed by atoms with Crippen LogP contribution in [0, 0.1) is 0 Å². The number of benzene rings is 2. The first-order valence-electron chi connectivity index (χ1n) is 9.99. The zero-order valence-electron chi connectivity index (χ0n) is 17.0. The third-order valence-corrected chi connectivity index (χ3v) is 5.60. The molecule has 0 spiro atoms. The van der Waals surface area contributed by atoms with E-state index in [2.05, 4.69) is 15.5 Å². The van der Waals surface area contributed by atoms with E-state index >= 15 is 0 Å². The molecule has 1 N–H and O–H groups in total. The first-order chi connectivity index (χ1) is 15.8. The first-order valence-corrected chi connectivity index (χ1v) is 10.8. The van der Waals surface area contributed by atoms with Gasteiger partial charge in [-0.15, -0.1) is 0 Å². The minimum atomic E-state index is 0.538. The first kappa shape index (κ1) is 19.8. The van der Waals surface area contributed by atoms with E-state index in [1.54, 1.807) is 18.7 Å². The van der Waals surface area contributed by atoms with Gasteiger partial charge < -0.3 is 13.6 Å². The molecule has 3 aromatic heterocycles. The van der Waals surface area contributed by atoms with Gasteiger partial charge in [-0.25, -0.2) is 4.98 Å². The van der Waals surface area contributed by atoms with E-state index in [-0.39, 0.29) is 0 Å². The summed E-state index contributed by atoms with van der Waals surface area (Å²) in [5.41, 5.74) is 5.79. The lowest BCUT2D eigenvalue weighted by Gasteiger charge is -2.06. The van der Waals surface area contributed by atoms with Crippen molar-refractivity contribution in [1.29, 1.82) is 0 Å². The van der Waals surface area contributed by atoms with E-state index in [4.69, 9.17) is 13.6 Å². The van der Waals surface area contributed by atoms with Crippen LogP contribution in [-0.2, 0) is 6.61 Å². The molecular weight excluding hydrogens is 422 g/mol. The summed E-state index contributed by atoms with van der Waals surface area (Å²) in [4.78, 5) is 5.50. The summed E-state index contributed by atoms with van der Waals surface area (Å²) in [6, 6.07) is 25.3. The van der Waals surface area contributed by atoms with Gasteiger partial charge >= 0.3 is 0 Å². The Balaban J connectivity index is 1.24. The summed E-state index contributed by atoms with van der Waals surface area (Å²) < 4.78 is 16.9. The van der Waals surface area contributed by atoms with Gasteiger partial charge in [-0.2, -0.15) is 5.10 Å². The second kappa shape index (κ2) is 9.36. The number of nitrogens with zero attached hydrogens (tertiary/aromatic N) is 2. The van der Waals surface area contributed by atoms with E-state index in [9.17, 15) is 0 Å². The average molecular weight is 442 g/mol. The number of aromatic nitrogens is 1. The van der Waals surface area contributed by atoms with Crippen molar-refractivity contribution in [2.75, 3.05) is 5.43 Å². The number of furan rings is 2. The quantitative estimate of drug-likeness (QED) is 0.215. The predicted octanol–water partition coefficient (Wildman–Crippen LogP) is 6.69. The summed E-state index contributed by atoms with van der Waals surface area (Å²) in [6.45, 7) is 0.538. The van der Waals surface area contributed by atoms with Gasteiger partial charge in [0.25, 0.3) is 0 Å². The van der Waals surface area contributed by atoms with E-state index < -0.39 is 0 Å². The topological polar surface area (TPSA) is 72.8 Å². The molecule has 3 heterocycles. The number of hydrogen-bond acceptors (Lipinski definition) is 7. The molecular formula is C25H19N3O3S. The lowest BCUT2D eigenvalue weighted by atomic mass is 10.2. The number of hydrazone groups is 1. The normalized spacial score (nSPS) is 11.1. The lowest BCUT2D eigenvalue weighted by Crippen LogP contribution is -1.95. The number of ether oxygens (including phenoxy) is 1. The van der Waals surface area contributed by atoms with Crippen molar-refractivity contribution in [3.63, 3.8) is 0 Å². The van der Waals surface area contributed by atoms with Gasteiger partial charge in [-0.3, -0.25) is 5.43 Å². The van der Waals surface area contributed by atoms with Crippen molar-refractivity contribution in [3.05, 3.63) is 103 Å². The molecule has 0 aliphatic heterocycles. The van der Waals surface area contributed by atoms with E-state index in [0.717, 1.165) is 27.5 Å². The number of rotatable bonds is 8. The van der Waals surface area contributed by atoms with Gasteiger partial charge in [0.05, 0.1) is 18.7 Å². The number of anilines is 1. The van der Waals surface area contributed by atoms with Crippen LogP contribution in [0.25, 0.3) is 22.1 Å². The Morgan fingerprint density at radius 1 is 0.875 bits per heavy atom. The van der Waals surface area contributed by atoms with Gasteiger partial charge in [0, 0.05) is 0 Å². The third kappa shape index (κ3) is 4.63. The molecule has 0 aliphatic carbocycles. The van der Waals surface area contributed by atoms with Gasteiger partial charge in [0.15, 0.2) is 5.76 Å². The fourth-order valence-corrected chi connectivity index (χ4v) is 3.96. The van der Waals surface area contributed by atoms with Crippen molar-refractivity contribution in [1.82, 2.24) is 4.98 Å². The molecule has 158 valence electrons. The molecule has 32 heavy (non-hydrogen) atoms. The minimum Gasteiger partial charge on any atom is -0.489 e. The van der Waals surface area contributed by atoms with Crippen molar-refractivity contribution in [2.24, 2.45) is 5.10 Å². The molecule has 0 bridgehead atoms. The molecule has 0 amide bonds. The molecule has 0 saturated heterocycles. The van der Waals surface area contributed by atoms with Crippen molar-refractivity contribution in [3.8, 4) is 27.8 Å². The maximum Gasteiger partial charge on any atom is 0.204 e. The maximum atomic E-state index is 5.82. The zero-order chi connectivity index (χ0) is 21.6. The number of hydrogen-bond donors (Lipinski definition) is 1. The summed E-state index contributed by atoms with van der Waals surface area (Å²) in [5, 5.41) is 4.96. The molecule has 0 atom stereocenters. The SMILES string of the molecule is C(=N\Nc1nc(-c2ccco2)c(-c2ccco2)s1)/c1ccc(OCc2ccccc2)cc1. The monoisotopic (exact) mass is 441 g/mol. The Morgan fingerprint density at radius 2 is 1.62 bits per heavy atom. The average Bonchev–Trinajstić information content (AvgIpc) is 3.61. The van der Waals surface area contributed by atoms with Crippen LogP contribution in [0.5, 0.6) is 5.75 Å². The van der Waals surface area contributed by atoms with Crippen LogP contribution in [0.2, 0.25) is 0 Å². The van der Waals surface area contributed by atoms with Crippen LogP contribution < -0.4 is 10.2 Å². The highest BCUT2D eigenvalue weighted by atomic mass is 32.1. The van der Waals surface area contributed by atoms with Crippen LogP contribution in [0.15, 0.2) is 105 Å². The van der Waals surface area contributed by atoms with E-state index in [1.807, 2.05) is 78.9 Å². The van der Waals surface area contributed by atoms with Gasteiger partial charge in [0.1, 0.15) is 28.7 Å². The Labute approximate surface area is 188 Å². The van der Waals surface area contributed by atoms with Crippen molar-refractivity contribution < 1.29 is 13.6 Å². The Bertz CT molecular complexity index is 1220. The molecule has 0 radical (unpaired) electrons.